The van der Waals surface area contributed by atoms with Crippen molar-refractivity contribution in [3.63, 3.8) is 0 Å². The van der Waals surface area contributed by atoms with Gasteiger partial charge in [-0.1, -0.05) is 55.3 Å². The molecule has 2 heteroatoms. The second kappa shape index (κ2) is 7.01. The van der Waals surface area contributed by atoms with Gasteiger partial charge in [-0.25, -0.2) is 0 Å². The summed E-state index contributed by atoms with van der Waals surface area (Å²) >= 11 is 2.06. The Morgan fingerprint density at radius 2 is 2.00 bits per heavy atom. The van der Waals surface area contributed by atoms with Crippen LogP contribution < -0.4 is 0 Å². The van der Waals surface area contributed by atoms with E-state index in [9.17, 15) is 0 Å². The van der Waals surface area contributed by atoms with E-state index >= 15 is 0 Å². The molecule has 98 valence electrons. The summed E-state index contributed by atoms with van der Waals surface area (Å²) in [6, 6.07) is 10.4. The summed E-state index contributed by atoms with van der Waals surface area (Å²) in [6.07, 6.45) is 4.97. The molecule has 0 fully saturated rings. The first-order chi connectivity index (χ1) is 8.79. The molecule has 1 heterocycles. The standard InChI is InChI=1S/C16H22OS/c1-3-7-15-10-13(2)16(18-15)12-17-11-14-8-5-4-6-9-14/h4-6,8-10,15-16H,3,7,11-12H2,1-2H3/t15-,16-/m0/s1. The number of rotatable bonds is 6. The summed E-state index contributed by atoms with van der Waals surface area (Å²) in [6.45, 7) is 6.05. The summed E-state index contributed by atoms with van der Waals surface area (Å²) in [5, 5.41) is 1.27. The van der Waals surface area contributed by atoms with Crippen LogP contribution in [-0.4, -0.2) is 17.1 Å². The van der Waals surface area contributed by atoms with Crippen LogP contribution in [0, 0.1) is 0 Å². The molecule has 0 unspecified atom stereocenters. The lowest BCUT2D eigenvalue weighted by Gasteiger charge is -2.14. The summed E-state index contributed by atoms with van der Waals surface area (Å²) in [4.78, 5) is 0. The van der Waals surface area contributed by atoms with E-state index in [0.29, 0.717) is 10.5 Å². The average molecular weight is 262 g/mol. The zero-order valence-corrected chi connectivity index (χ0v) is 12.1. The molecule has 0 spiro atoms. The van der Waals surface area contributed by atoms with Crippen molar-refractivity contribution in [3.05, 3.63) is 47.5 Å². The van der Waals surface area contributed by atoms with E-state index in [4.69, 9.17) is 4.74 Å². The van der Waals surface area contributed by atoms with Crippen LogP contribution in [0.1, 0.15) is 32.3 Å². The Bertz CT molecular complexity index is 385. The number of hydrogen-bond donors (Lipinski definition) is 0. The van der Waals surface area contributed by atoms with Gasteiger partial charge in [0.2, 0.25) is 0 Å². The maximum absolute atomic E-state index is 5.84. The van der Waals surface area contributed by atoms with E-state index < -0.39 is 0 Å². The van der Waals surface area contributed by atoms with Gasteiger partial charge in [0, 0.05) is 10.5 Å². The molecule has 0 N–H and O–H groups in total. The minimum Gasteiger partial charge on any atom is -0.375 e. The molecule has 2 rings (SSSR count). The largest absolute Gasteiger partial charge is 0.375 e. The molecule has 0 aliphatic carbocycles. The van der Waals surface area contributed by atoms with Gasteiger partial charge in [0.25, 0.3) is 0 Å². The Morgan fingerprint density at radius 1 is 1.22 bits per heavy atom. The second-order valence-electron chi connectivity index (χ2n) is 4.86. The number of benzene rings is 1. The SMILES string of the molecule is CCC[C@H]1C=C(C)[C@H](COCc2ccccc2)S1. The van der Waals surface area contributed by atoms with Crippen LogP contribution in [0.3, 0.4) is 0 Å². The third kappa shape index (κ3) is 3.89. The Hall–Kier alpha value is -0.730. The zero-order valence-electron chi connectivity index (χ0n) is 11.3. The first-order valence-corrected chi connectivity index (χ1v) is 7.69. The van der Waals surface area contributed by atoms with Gasteiger partial charge in [0.05, 0.1) is 13.2 Å². The molecular formula is C16H22OS. The summed E-state index contributed by atoms with van der Waals surface area (Å²) in [5.74, 6) is 0. The highest BCUT2D eigenvalue weighted by molar-refractivity contribution is 8.01. The van der Waals surface area contributed by atoms with Crippen LogP contribution in [-0.2, 0) is 11.3 Å². The minimum atomic E-state index is 0.560. The molecule has 18 heavy (non-hydrogen) atoms. The topological polar surface area (TPSA) is 9.23 Å². The van der Waals surface area contributed by atoms with Gasteiger partial charge in [0.1, 0.15) is 0 Å². The first kappa shape index (κ1) is 13.7. The van der Waals surface area contributed by atoms with Crippen molar-refractivity contribution in [2.24, 2.45) is 0 Å². The average Bonchev–Trinajstić information content (AvgIpc) is 2.72. The van der Waals surface area contributed by atoms with E-state index in [1.165, 1.54) is 24.0 Å². The van der Waals surface area contributed by atoms with Gasteiger partial charge in [0.15, 0.2) is 0 Å². The molecule has 1 nitrogen and oxygen atoms in total. The van der Waals surface area contributed by atoms with Gasteiger partial charge < -0.3 is 4.74 Å². The molecule has 0 bridgehead atoms. The van der Waals surface area contributed by atoms with E-state index in [2.05, 4.69) is 56.0 Å². The molecule has 0 aromatic heterocycles. The first-order valence-electron chi connectivity index (χ1n) is 6.75. The molecular weight excluding hydrogens is 240 g/mol. The van der Waals surface area contributed by atoms with Crippen LogP contribution in [0.5, 0.6) is 0 Å². The number of thioether (sulfide) groups is 1. The monoisotopic (exact) mass is 262 g/mol. The summed E-state index contributed by atoms with van der Waals surface area (Å²) < 4.78 is 5.84. The minimum absolute atomic E-state index is 0.560. The van der Waals surface area contributed by atoms with E-state index in [0.717, 1.165) is 13.2 Å². The molecule has 1 aromatic carbocycles. The van der Waals surface area contributed by atoms with Crippen molar-refractivity contribution in [1.29, 1.82) is 0 Å². The lowest BCUT2D eigenvalue weighted by Crippen LogP contribution is -2.11. The molecule has 0 saturated heterocycles. The quantitative estimate of drug-likeness (QED) is 0.701. The van der Waals surface area contributed by atoms with Crippen molar-refractivity contribution in [1.82, 2.24) is 0 Å². The third-order valence-corrected chi connectivity index (χ3v) is 4.81. The predicted octanol–water partition coefficient (Wildman–Crippen LogP) is 4.43. The fraction of sp³-hybridized carbons (Fsp3) is 0.500. The lowest BCUT2D eigenvalue weighted by atomic mass is 10.1. The van der Waals surface area contributed by atoms with Crippen LogP contribution in [0.15, 0.2) is 42.0 Å². The molecule has 1 aliphatic rings. The van der Waals surface area contributed by atoms with Gasteiger partial charge >= 0.3 is 0 Å². The maximum atomic E-state index is 5.84. The van der Waals surface area contributed by atoms with E-state index in [-0.39, 0.29) is 0 Å². The third-order valence-electron chi connectivity index (χ3n) is 3.25. The molecule has 0 radical (unpaired) electrons. The number of ether oxygens (including phenoxy) is 1. The van der Waals surface area contributed by atoms with E-state index in [1.54, 1.807) is 0 Å². The van der Waals surface area contributed by atoms with Gasteiger partial charge in [-0.05, 0) is 18.9 Å². The number of hydrogen-bond acceptors (Lipinski definition) is 2. The van der Waals surface area contributed by atoms with Gasteiger partial charge in [-0.15, -0.1) is 11.8 Å². The second-order valence-corrected chi connectivity index (χ2v) is 6.31. The molecule has 1 aliphatic heterocycles. The highest BCUT2D eigenvalue weighted by Gasteiger charge is 2.23. The molecule has 2 atom stereocenters. The van der Waals surface area contributed by atoms with Crippen molar-refractivity contribution in [2.75, 3.05) is 6.61 Å². The van der Waals surface area contributed by atoms with Crippen molar-refractivity contribution in [3.8, 4) is 0 Å². The van der Waals surface area contributed by atoms with Gasteiger partial charge in [-0.2, -0.15) is 0 Å². The van der Waals surface area contributed by atoms with Crippen molar-refractivity contribution in [2.45, 2.75) is 43.8 Å². The van der Waals surface area contributed by atoms with Gasteiger partial charge in [-0.3, -0.25) is 0 Å². The maximum Gasteiger partial charge on any atom is 0.0717 e. The van der Waals surface area contributed by atoms with Crippen LogP contribution >= 0.6 is 11.8 Å². The molecule has 1 aromatic rings. The molecule has 0 amide bonds. The van der Waals surface area contributed by atoms with Crippen molar-refractivity contribution >= 4 is 11.8 Å². The van der Waals surface area contributed by atoms with E-state index in [1.807, 2.05) is 6.07 Å². The highest BCUT2D eigenvalue weighted by atomic mass is 32.2. The Morgan fingerprint density at radius 3 is 2.72 bits per heavy atom. The summed E-state index contributed by atoms with van der Waals surface area (Å²) in [7, 11) is 0. The predicted molar refractivity (Wildman–Crippen MR) is 79.9 cm³/mol. The Balaban J connectivity index is 1.73. The smallest absolute Gasteiger partial charge is 0.0717 e. The summed E-state index contributed by atoms with van der Waals surface area (Å²) in [5.41, 5.74) is 2.75. The normalized spacial score (nSPS) is 23.1. The Kier molecular flexibility index (Phi) is 5.33. The Labute approximate surface area is 115 Å². The van der Waals surface area contributed by atoms with Crippen molar-refractivity contribution < 1.29 is 4.74 Å². The van der Waals surface area contributed by atoms with Crippen LogP contribution in [0.2, 0.25) is 0 Å². The lowest BCUT2D eigenvalue weighted by molar-refractivity contribution is 0.127. The zero-order chi connectivity index (χ0) is 12.8. The van der Waals surface area contributed by atoms with Crippen LogP contribution in [0.4, 0.5) is 0 Å². The fourth-order valence-electron chi connectivity index (χ4n) is 2.22. The molecule has 0 saturated carbocycles. The fourth-order valence-corrected chi connectivity index (χ4v) is 3.78. The van der Waals surface area contributed by atoms with Crippen LogP contribution in [0.25, 0.3) is 0 Å². The highest BCUT2D eigenvalue weighted by Crippen LogP contribution is 2.35.